The van der Waals surface area contributed by atoms with Crippen molar-refractivity contribution in [2.24, 2.45) is 0 Å². The van der Waals surface area contributed by atoms with Crippen LogP contribution in [0, 0.1) is 6.92 Å². The van der Waals surface area contributed by atoms with Gasteiger partial charge in [0.1, 0.15) is 17.2 Å². The van der Waals surface area contributed by atoms with Crippen LogP contribution in [-0.4, -0.2) is 30.9 Å². The van der Waals surface area contributed by atoms with Crippen LogP contribution >= 0.6 is 11.6 Å². The van der Waals surface area contributed by atoms with Gasteiger partial charge in [-0.3, -0.25) is 14.5 Å². The minimum absolute atomic E-state index is 0.0626. The van der Waals surface area contributed by atoms with Crippen LogP contribution in [0.25, 0.3) is 5.57 Å². The maximum Gasteiger partial charge on any atom is 0.278 e. The van der Waals surface area contributed by atoms with E-state index < -0.39 is 11.8 Å². The molecule has 7 heteroatoms. The lowest BCUT2D eigenvalue weighted by atomic mass is 10.0. The topological polar surface area (TPSA) is 67.9 Å². The molecule has 0 radical (unpaired) electrons. The molecule has 2 amide bonds. The maximum absolute atomic E-state index is 13.5. The molecule has 0 saturated heterocycles. The largest absolute Gasteiger partial charge is 0.497 e. The van der Waals surface area contributed by atoms with Crippen molar-refractivity contribution >= 4 is 34.7 Å². The molecule has 0 spiro atoms. The van der Waals surface area contributed by atoms with E-state index in [2.05, 4.69) is 5.32 Å². The van der Waals surface area contributed by atoms with Gasteiger partial charge >= 0.3 is 0 Å². The minimum atomic E-state index is -0.444. The number of hydrogen-bond donors (Lipinski definition) is 1. The highest BCUT2D eigenvalue weighted by molar-refractivity contribution is 6.36. The second kappa shape index (κ2) is 9.38. The predicted octanol–water partition coefficient (Wildman–Crippen LogP) is 5.06. The molecule has 1 heterocycles. The number of carbonyl (C=O) groups excluding carboxylic acids is 2. The predicted molar refractivity (Wildman–Crippen MR) is 128 cm³/mol. The third-order valence-corrected chi connectivity index (χ3v) is 5.83. The number of amides is 2. The molecule has 6 nitrogen and oxygen atoms in total. The SMILES string of the molecule is COc1ccc(OC)c(NC2=C(c3ccc(C)cc3)C(=O)N(Cc3ccccc3Cl)C2=O)c1. The fourth-order valence-electron chi connectivity index (χ4n) is 3.67. The van der Waals surface area contributed by atoms with Gasteiger partial charge in [-0.2, -0.15) is 0 Å². The Morgan fingerprint density at radius 3 is 2.30 bits per heavy atom. The summed E-state index contributed by atoms with van der Waals surface area (Å²) in [5, 5.41) is 3.63. The minimum Gasteiger partial charge on any atom is -0.497 e. The summed E-state index contributed by atoms with van der Waals surface area (Å²) in [5.74, 6) is 0.255. The first-order chi connectivity index (χ1) is 15.9. The molecule has 0 aliphatic carbocycles. The Kier molecular flexibility index (Phi) is 6.38. The molecule has 1 aliphatic rings. The van der Waals surface area contributed by atoms with Gasteiger partial charge in [-0.05, 0) is 36.2 Å². The number of halogens is 1. The van der Waals surface area contributed by atoms with Gasteiger partial charge in [0.25, 0.3) is 11.8 Å². The van der Waals surface area contributed by atoms with E-state index in [1.165, 1.54) is 12.0 Å². The van der Waals surface area contributed by atoms with Gasteiger partial charge in [-0.15, -0.1) is 0 Å². The van der Waals surface area contributed by atoms with E-state index >= 15 is 0 Å². The highest BCUT2D eigenvalue weighted by Crippen LogP contribution is 2.36. The Balaban J connectivity index is 1.79. The van der Waals surface area contributed by atoms with Crippen LogP contribution in [0.15, 0.2) is 72.4 Å². The number of hydrogen-bond acceptors (Lipinski definition) is 5. The lowest BCUT2D eigenvalue weighted by molar-refractivity contribution is -0.137. The highest BCUT2D eigenvalue weighted by Gasteiger charge is 2.39. The Morgan fingerprint density at radius 1 is 0.909 bits per heavy atom. The molecule has 3 aromatic carbocycles. The molecule has 3 aromatic rings. The van der Waals surface area contributed by atoms with Crippen molar-refractivity contribution in [3.05, 3.63) is 94.1 Å². The molecule has 0 fully saturated rings. The summed E-state index contributed by atoms with van der Waals surface area (Å²) in [7, 11) is 3.09. The molecule has 0 aromatic heterocycles. The number of carbonyl (C=O) groups is 2. The molecule has 1 N–H and O–H groups in total. The van der Waals surface area contributed by atoms with E-state index in [1.807, 2.05) is 37.3 Å². The van der Waals surface area contributed by atoms with Crippen molar-refractivity contribution in [1.29, 1.82) is 0 Å². The fourth-order valence-corrected chi connectivity index (χ4v) is 3.86. The summed E-state index contributed by atoms with van der Waals surface area (Å²) in [6.45, 7) is 2.02. The monoisotopic (exact) mass is 462 g/mol. The normalized spacial score (nSPS) is 13.5. The average Bonchev–Trinajstić information content (AvgIpc) is 3.05. The van der Waals surface area contributed by atoms with Crippen molar-refractivity contribution < 1.29 is 19.1 Å². The standard InChI is InChI=1S/C26H23ClN2O4/c1-16-8-10-17(11-9-16)23-24(28-21-14-19(32-2)12-13-22(21)33-3)26(31)29(25(23)30)15-18-6-4-5-7-20(18)27/h4-14,28H,15H2,1-3H3. The quantitative estimate of drug-likeness (QED) is 0.497. The van der Waals surface area contributed by atoms with Gasteiger partial charge in [0, 0.05) is 11.1 Å². The Morgan fingerprint density at radius 2 is 1.64 bits per heavy atom. The van der Waals surface area contributed by atoms with E-state index in [1.54, 1.807) is 43.5 Å². The maximum atomic E-state index is 13.5. The number of nitrogens with one attached hydrogen (secondary N) is 1. The molecule has 33 heavy (non-hydrogen) atoms. The second-order valence-corrected chi connectivity index (χ2v) is 8.00. The van der Waals surface area contributed by atoms with Gasteiger partial charge in [0.2, 0.25) is 0 Å². The first-order valence-electron chi connectivity index (χ1n) is 10.3. The number of nitrogens with zero attached hydrogens (tertiary/aromatic N) is 1. The smallest absolute Gasteiger partial charge is 0.278 e. The van der Waals surface area contributed by atoms with Crippen LogP contribution < -0.4 is 14.8 Å². The number of ether oxygens (including phenoxy) is 2. The summed E-state index contributed by atoms with van der Waals surface area (Å²) in [4.78, 5) is 28.2. The van der Waals surface area contributed by atoms with Crippen molar-refractivity contribution in [2.45, 2.75) is 13.5 Å². The van der Waals surface area contributed by atoms with Crippen molar-refractivity contribution in [1.82, 2.24) is 4.90 Å². The third-order valence-electron chi connectivity index (χ3n) is 5.46. The van der Waals surface area contributed by atoms with Crippen molar-refractivity contribution in [3.63, 3.8) is 0 Å². The summed E-state index contributed by atoms with van der Waals surface area (Å²) < 4.78 is 10.8. The Bertz CT molecular complexity index is 1250. The second-order valence-electron chi connectivity index (χ2n) is 7.60. The number of imide groups is 1. The van der Waals surface area contributed by atoms with Crippen LogP contribution in [0.1, 0.15) is 16.7 Å². The molecular formula is C26H23ClN2O4. The number of methoxy groups -OCH3 is 2. The van der Waals surface area contributed by atoms with E-state index in [9.17, 15) is 9.59 Å². The van der Waals surface area contributed by atoms with Crippen LogP contribution in [0.5, 0.6) is 11.5 Å². The van der Waals surface area contributed by atoms with E-state index in [0.29, 0.717) is 33.3 Å². The van der Waals surface area contributed by atoms with Crippen LogP contribution in [0.3, 0.4) is 0 Å². The van der Waals surface area contributed by atoms with Crippen LogP contribution in [0.4, 0.5) is 5.69 Å². The molecule has 168 valence electrons. The Hall–Kier alpha value is -3.77. The Labute approximate surface area is 197 Å². The zero-order chi connectivity index (χ0) is 23.5. The lowest BCUT2D eigenvalue weighted by Crippen LogP contribution is -2.32. The summed E-state index contributed by atoms with van der Waals surface area (Å²) >= 11 is 6.30. The number of rotatable bonds is 7. The molecule has 0 atom stereocenters. The molecule has 0 saturated carbocycles. The van der Waals surface area contributed by atoms with Gasteiger partial charge in [-0.25, -0.2) is 0 Å². The first-order valence-corrected chi connectivity index (χ1v) is 10.7. The molecule has 4 rings (SSSR count). The zero-order valence-electron chi connectivity index (χ0n) is 18.5. The van der Waals surface area contributed by atoms with Crippen molar-refractivity contribution in [2.75, 3.05) is 19.5 Å². The fraction of sp³-hybridized carbons (Fsp3) is 0.154. The number of aryl methyl sites for hydroxylation is 1. The molecule has 0 bridgehead atoms. The average molecular weight is 463 g/mol. The molecule has 1 aliphatic heterocycles. The molecule has 0 unspecified atom stereocenters. The highest BCUT2D eigenvalue weighted by atomic mass is 35.5. The van der Waals surface area contributed by atoms with Gasteiger partial charge < -0.3 is 14.8 Å². The van der Waals surface area contributed by atoms with Gasteiger partial charge in [-0.1, -0.05) is 59.6 Å². The van der Waals surface area contributed by atoms with Gasteiger partial charge in [0.15, 0.2) is 0 Å². The van der Waals surface area contributed by atoms with E-state index in [-0.39, 0.29) is 17.8 Å². The van der Waals surface area contributed by atoms with Gasteiger partial charge in [0.05, 0.1) is 32.0 Å². The van der Waals surface area contributed by atoms with E-state index in [0.717, 1.165) is 5.56 Å². The zero-order valence-corrected chi connectivity index (χ0v) is 19.3. The first kappa shape index (κ1) is 22.4. The lowest BCUT2D eigenvalue weighted by Gasteiger charge is -2.17. The van der Waals surface area contributed by atoms with E-state index in [4.69, 9.17) is 21.1 Å². The summed E-state index contributed by atoms with van der Waals surface area (Å²) in [5.41, 5.74) is 3.35. The number of benzene rings is 3. The van der Waals surface area contributed by atoms with Crippen LogP contribution in [0.2, 0.25) is 5.02 Å². The summed E-state index contributed by atoms with van der Waals surface area (Å²) in [6, 6.07) is 19.8. The van der Waals surface area contributed by atoms with Crippen LogP contribution in [-0.2, 0) is 16.1 Å². The summed E-state index contributed by atoms with van der Waals surface area (Å²) in [6.07, 6.45) is 0. The number of anilines is 1. The third kappa shape index (κ3) is 4.43. The molecular weight excluding hydrogens is 440 g/mol. The van der Waals surface area contributed by atoms with Crippen molar-refractivity contribution in [3.8, 4) is 11.5 Å².